The van der Waals surface area contributed by atoms with Crippen molar-refractivity contribution in [2.24, 2.45) is 0 Å². The van der Waals surface area contributed by atoms with Crippen molar-refractivity contribution in [1.82, 2.24) is 5.32 Å². The van der Waals surface area contributed by atoms with Crippen molar-refractivity contribution in [3.8, 4) is 0 Å². The second-order valence-electron chi connectivity index (χ2n) is 6.10. The van der Waals surface area contributed by atoms with E-state index in [1.165, 1.54) is 5.56 Å². The van der Waals surface area contributed by atoms with Gasteiger partial charge in [-0.05, 0) is 51.8 Å². The van der Waals surface area contributed by atoms with Crippen LogP contribution in [-0.4, -0.2) is 47.9 Å². The van der Waals surface area contributed by atoms with Crippen molar-refractivity contribution in [1.29, 1.82) is 0 Å². The second kappa shape index (κ2) is 9.91. The second-order valence-corrected chi connectivity index (χ2v) is 8.83. The highest BCUT2D eigenvalue weighted by Gasteiger charge is 2.39. The molecule has 1 aliphatic heterocycles. The maximum atomic E-state index is 12.5. The number of aryl methyl sites for hydroxylation is 1. The first-order valence-corrected chi connectivity index (χ1v) is 11.3. The van der Waals surface area contributed by atoms with E-state index in [0.29, 0.717) is 39.1 Å². The van der Waals surface area contributed by atoms with Crippen LogP contribution in [0.5, 0.6) is 0 Å². The van der Waals surface area contributed by atoms with Crippen molar-refractivity contribution >= 4 is 26.2 Å². The molecule has 0 aromatic heterocycles. The summed E-state index contributed by atoms with van der Waals surface area (Å²) < 4.78 is 17.5. The Balaban J connectivity index is 1.84. The average Bonchev–Trinajstić information content (AvgIpc) is 3.02. The van der Waals surface area contributed by atoms with Crippen LogP contribution in [0.1, 0.15) is 32.8 Å². The SMILES string of the molecule is CCO[Si](CCCNC(=O)N1CNc2cc(C)ccc21)(OCC)OCC. The summed E-state index contributed by atoms with van der Waals surface area (Å²) in [5.41, 5.74) is 3.08. The van der Waals surface area contributed by atoms with E-state index < -0.39 is 8.80 Å². The fraction of sp³-hybridized carbons (Fsp3) is 0.611. The third-order valence-electron chi connectivity index (χ3n) is 4.14. The molecule has 0 atom stereocenters. The number of fused-ring (bicyclic) bond motifs is 1. The molecule has 0 saturated carbocycles. The Kier molecular flexibility index (Phi) is 7.89. The maximum Gasteiger partial charge on any atom is 0.500 e. The predicted octanol–water partition coefficient (Wildman–Crippen LogP) is 3.33. The topological polar surface area (TPSA) is 72.1 Å². The fourth-order valence-corrected chi connectivity index (χ4v) is 5.67. The molecular formula is C18H31N3O4Si. The third kappa shape index (κ3) is 5.20. The summed E-state index contributed by atoms with van der Waals surface area (Å²) in [6, 6.07) is 6.63. The van der Waals surface area contributed by atoms with Gasteiger partial charge in [0.25, 0.3) is 0 Å². The van der Waals surface area contributed by atoms with Crippen LogP contribution in [0.15, 0.2) is 18.2 Å². The van der Waals surface area contributed by atoms with Gasteiger partial charge in [-0.25, -0.2) is 4.79 Å². The van der Waals surface area contributed by atoms with Gasteiger partial charge < -0.3 is 23.9 Å². The van der Waals surface area contributed by atoms with Gasteiger partial charge in [-0.2, -0.15) is 0 Å². The molecule has 1 aliphatic rings. The fourth-order valence-electron chi connectivity index (χ4n) is 3.05. The minimum Gasteiger partial charge on any atom is -0.374 e. The van der Waals surface area contributed by atoms with Gasteiger partial charge in [0.15, 0.2) is 0 Å². The number of hydrogen-bond donors (Lipinski definition) is 2. The van der Waals surface area contributed by atoms with Crippen molar-refractivity contribution in [3.63, 3.8) is 0 Å². The average molecular weight is 382 g/mol. The molecule has 26 heavy (non-hydrogen) atoms. The molecule has 2 amide bonds. The monoisotopic (exact) mass is 381 g/mol. The summed E-state index contributed by atoms with van der Waals surface area (Å²) in [6.45, 7) is 10.6. The van der Waals surface area contributed by atoms with Crippen molar-refractivity contribution in [3.05, 3.63) is 23.8 Å². The van der Waals surface area contributed by atoms with E-state index >= 15 is 0 Å². The summed E-state index contributed by atoms with van der Waals surface area (Å²) >= 11 is 0. The lowest BCUT2D eigenvalue weighted by molar-refractivity contribution is 0.0708. The number of carbonyl (C=O) groups is 1. The van der Waals surface area contributed by atoms with E-state index in [1.54, 1.807) is 4.90 Å². The van der Waals surface area contributed by atoms with Crippen LogP contribution in [0.3, 0.4) is 0 Å². The highest BCUT2D eigenvalue weighted by molar-refractivity contribution is 6.60. The molecule has 0 radical (unpaired) electrons. The Bertz CT molecular complexity index is 583. The molecule has 146 valence electrons. The molecule has 1 heterocycles. The van der Waals surface area contributed by atoms with Gasteiger partial charge in [-0.3, -0.25) is 4.90 Å². The number of amides is 2. The van der Waals surface area contributed by atoms with Crippen LogP contribution >= 0.6 is 0 Å². The van der Waals surface area contributed by atoms with Crippen LogP contribution in [0.25, 0.3) is 0 Å². The Morgan fingerprint density at radius 3 is 2.46 bits per heavy atom. The van der Waals surface area contributed by atoms with E-state index in [2.05, 4.69) is 16.7 Å². The number of benzene rings is 1. The standard InChI is InChI=1S/C18H31N3O4Si/c1-5-23-26(24-6-2,25-7-3)12-8-11-19-18(22)21-14-20-16-13-15(4)9-10-17(16)21/h9-10,13,20H,5-8,11-12,14H2,1-4H3,(H,19,22). The third-order valence-corrected chi connectivity index (χ3v) is 7.30. The first-order chi connectivity index (χ1) is 12.5. The smallest absolute Gasteiger partial charge is 0.374 e. The minimum absolute atomic E-state index is 0.100. The molecule has 2 N–H and O–H groups in total. The van der Waals surface area contributed by atoms with Gasteiger partial charge in [0.2, 0.25) is 0 Å². The van der Waals surface area contributed by atoms with E-state index in [4.69, 9.17) is 13.3 Å². The number of anilines is 2. The van der Waals surface area contributed by atoms with Crippen molar-refractivity contribution in [2.75, 3.05) is 43.3 Å². The van der Waals surface area contributed by atoms with Gasteiger partial charge in [0.05, 0.1) is 18.0 Å². The van der Waals surface area contributed by atoms with Gasteiger partial charge >= 0.3 is 14.8 Å². The first kappa shape index (κ1) is 20.7. The summed E-state index contributed by atoms with van der Waals surface area (Å²) in [5.74, 6) is 0. The molecule has 0 aliphatic carbocycles. The van der Waals surface area contributed by atoms with Gasteiger partial charge in [0, 0.05) is 32.4 Å². The summed E-state index contributed by atoms with van der Waals surface area (Å²) in [7, 11) is -2.64. The molecule has 0 fully saturated rings. The van der Waals surface area contributed by atoms with Crippen LogP contribution in [0.2, 0.25) is 6.04 Å². The number of nitrogens with one attached hydrogen (secondary N) is 2. The zero-order valence-electron chi connectivity index (χ0n) is 16.3. The predicted molar refractivity (Wildman–Crippen MR) is 106 cm³/mol. The Morgan fingerprint density at radius 1 is 1.19 bits per heavy atom. The number of carbonyl (C=O) groups excluding carboxylic acids is 1. The van der Waals surface area contributed by atoms with Crippen LogP contribution < -0.4 is 15.5 Å². The highest BCUT2D eigenvalue weighted by Crippen LogP contribution is 2.31. The van der Waals surface area contributed by atoms with Crippen LogP contribution in [0, 0.1) is 6.92 Å². The Morgan fingerprint density at radius 2 is 1.85 bits per heavy atom. The number of rotatable bonds is 10. The largest absolute Gasteiger partial charge is 0.500 e. The molecule has 8 heteroatoms. The molecule has 0 bridgehead atoms. The molecule has 1 aromatic rings. The maximum absolute atomic E-state index is 12.5. The van der Waals surface area contributed by atoms with Crippen molar-refractivity contribution < 1.29 is 18.1 Å². The molecular weight excluding hydrogens is 350 g/mol. The van der Waals surface area contributed by atoms with Gasteiger partial charge in [0.1, 0.15) is 0 Å². The number of hydrogen-bond acceptors (Lipinski definition) is 5. The Hall–Kier alpha value is -1.61. The minimum atomic E-state index is -2.64. The molecule has 0 unspecified atom stereocenters. The Labute approximate surface area is 157 Å². The van der Waals surface area contributed by atoms with E-state index in [1.807, 2.05) is 39.8 Å². The highest BCUT2D eigenvalue weighted by atomic mass is 28.4. The molecule has 2 rings (SSSR count). The normalized spacial score (nSPS) is 13.5. The zero-order chi connectivity index (χ0) is 19.0. The van der Waals surface area contributed by atoms with Gasteiger partial charge in [-0.1, -0.05) is 6.07 Å². The van der Waals surface area contributed by atoms with Crippen molar-refractivity contribution in [2.45, 2.75) is 40.2 Å². The van der Waals surface area contributed by atoms with E-state index in [-0.39, 0.29) is 6.03 Å². The zero-order valence-corrected chi connectivity index (χ0v) is 17.3. The summed E-state index contributed by atoms with van der Waals surface area (Å²) in [5, 5.41) is 6.23. The lowest BCUT2D eigenvalue weighted by Crippen LogP contribution is -2.47. The molecule has 1 aromatic carbocycles. The summed E-state index contributed by atoms with van der Waals surface area (Å²) in [4.78, 5) is 14.2. The quantitative estimate of drug-likeness (QED) is 0.480. The number of nitrogens with zero attached hydrogens (tertiary/aromatic N) is 1. The molecule has 0 saturated heterocycles. The van der Waals surface area contributed by atoms with E-state index in [9.17, 15) is 4.79 Å². The van der Waals surface area contributed by atoms with E-state index in [0.717, 1.165) is 17.8 Å². The lowest BCUT2D eigenvalue weighted by atomic mass is 10.2. The first-order valence-electron chi connectivity index (χ1n) is 9.37. The van der Waals surface area contributed by atoms with Crippen LogP contribution in [0.4, 0.5) is 16.2 Å². The number of urea groups is 1. The lowest BCUT2D eigenvalue weighted by Gasteiger charge is -2.28. The van der Waals surface area contributed by atoms with Crippen LogP contribution in [-0.2, 0) is 13.3 Å². The molecule has 0 spiro atoms. The summed E-state index contributed by atoms with van der Waals surface area (Å²) in [6.07, 6.45) is 0.750. The van der Waals surface area contributed by atoms with Gasteiger partial charge in [-0.15, -0.1) is 0 Å². The molecule has 7 nitrogen and oxygen atoms in total.